The first-order valence-corrected chi connectivity index (χ1v) is 9.43. The Morgan fingerprint density at radius 2 is 1.81 bits per heavy atom. The number of nitrogens with one attached hydrogen (secondary N) is 1. The van der Waals surface area contributed by atoms with Crippen LogP contribution in [-0.4, -0.2) is 33.7 Å². The van der Waals surface area contributed by atoms with Crippen LogP contribution < -0.4 is 14.2 Å². The van der Waals surface area contributed by atoms with Gasteiger partial charge in [0.2, 0.25) is 0 Å². The Morgan fingerprint density at radius 1 is 1.11 bits per heavy atom. The molecule has 0 atom stereocenters. The van der Waals surface area contributed by atoms with Gasteiger partial charge in [-0.15, -0.1) is 0 Å². The number of methoxy groups -OCH3 is 2. The number of carboxylic acid groups (broad SMARTS) is 1. The summed E-state index contributed by atoms with van der Waals surface area (Å²) >= 11 is 0. The Hall–Kier alpha value is -3.00. The summed E-state index contributed by atoms with van der Waals surface area (Å²) in [6, 6.07) is 8.25. The molecule has 0 unspecified atom stereocenters. The Morgan fingerprint density at radius 3 is 2.41 bits per heavy atom. The van der Waals surface area contributed by atoms with E-state index in [1.807, 2.05) is 19.1 Å². The smallest absolute Gasteiger partial charge is 0.328 e. The topological polar surface area (TPSA) is 102 Å². The van der Waals surface area contributed by atoms with E-state index in [1.54, 1.807) is 13.0 Å². The van der Waals surface area contributed by atoms with E-state index in [4.69, 9.17) is 14.6 Å². The van der Waals surface area contributed by atoms with Gasteiger partial charge in [0.05, 0.1) is 19.9 Å². The number of aliphatic carboxylic acids is 1. The highest BCUT2D eigenvalue weighted by Gasteiger charge is 2.24. The zero-order chi connectivity index (χ0) is 20.2. The Balaban J connectivity index is 2.61. The van der Waals surface area contributed by atoms with E-state index in [0.717, 1.165) is 17.2 Å². The lowest BCUT2D eigenvalue weighted by Gasteiger charge is -2.16. The fourth-order valence-electron chi connectivity index (χ4n) is 2.46. The lowest BCUT2D eigenvalue weighted by molar-refractivity contribution is -0.131. The third kappa shape index (κ3) is 4.79. The number of sulfonamides is 1. The number of rotatable bonds is 7. The van der Waals surface area contributed by atoms with Crippen molar-refractivity contribution in [3.05, 3.63) is 53.1 Å². The zero-order valence-corrected chi connectivity index (χ0v) is 16.3. The highest BCUT2D eigenvalue weighted by atomic mass is 32.2. The van der Waals surface area contributed by atoms with Crippen molar-refractivity contribution in [1.29, 1.82) is 0 Å². The van der Waals surface area contributed by atoms with Crippen molar-refractivity contribution >= 4 is 27.8 Å². The van der Waals surface area contributed by atoms with Gasteiger partial charge in [-0.3, -0.25) is 4.72 Å². The monoisotopic (exact) mass is 391 g/mol. The van der Waals surface area contributed by atoms with Crippen molar-refractivity contribution in [3.63, 3.8) is 0 Å². The SMILES string of the molecule is COc1cc(/C=C/C(=O)O)cc(S(=O)(=O)Nc2cc(C)ccc2C)c1OC. The van der Waals surface area contributed by atoms with Crippen LogP contribution in [-0.2, 0) is 14.8 Å². The molecule has 144 valence electrons. The van der Waals surface area contributed by atoms with Crippen molar-refractivity contribution in [1.82, 2.24) is 0 Å². The summed E-state index contributed by atoms with van der Waals surface area (Å²) in [5, 5.41) is 8.81. The van der Waals surface area contributed by atoms with Gasteiger partial charge in [0.15, 0.2) is 11.5 Å². The molecule has 0 saturated heterocycles. The Bertz CT molecular complexity index is 995. The maximum atomic E-state index is 13.0. The molecular formula is C19H21NO6S. The molecule has 7 nitrogen and oxygen atoms in total. The molecule has 0 spiro atoms. The van der Waals surface area contributed by atoms with E-state index >= 15 is 0 Å². The fraction of sp³-hybridized carbons (Fsp3) is 0.211. The molecule has 0 bridgehead atoms. The van der Waals surface area contributed by atoms with E-state index in [-0.39, 0.29) is 16.4 Å². The number of aryl methyl sites for hydroxylation is 2. The first-order valence-electron chi connectivity index (χ1n) is 7.95. The molecule has 2 aromatic carbocycles. The molecule has 8 heteroatoms. The van der Waals surface area contributed by atoms with Crippen LogP contribution in [0.3, 0.4) is 0 Å². The molecule has 0 heterocycles. The van der Waals surface area contributed by atoms with Crippen LogP contribution in [0.2, 0.25) is 0 Å². The van der Waals surface area contributed by atoms with Gasteiger partial charge in [-0.25, -0.2) is 13.2 Å². The molecule has 2 N–H and O–H groups in total. The summed E-state index contributed by atoms with van der Waals surface area (Å²) < 4.78 is 39.0. The highest BCUT2D eigenvalue weighted by molar-refractivity contribution is 7.92. The van der Waals surface area contributed by atoms with E-state index in [2.05, 4.69) is 4.72 Å². The van der Waals surface area contributed by atoms with Gasteiger partial charge in [0.1, 0.15) is 4.90 Å². The zero-order valence-electron chi connectivity index (χ0n) is 15.4. The van der Waals surface area contributed by atoms with Crippen LogP contribution in [0.4, 0.5) is 5.69 Å². The minimum Gasteiger partial charge on any atom is -0.493 e. The normalized spacial score (nSPS) is 11.4. The van der Waals surface area contributed by atoms with Crippen LogP contribution in [0.15, 0.2) is 41.3 Å². The second-order valence-corrected chi connectivity index (χ2v) is 7.50. The van der Waals surface area contributed by atoms with E-state index in [0.29, 0.717) is 11.3 Å². The number of anilines is 1. The number of hydrogen-bond acceptors (Lipinski definition) is 5. The first-order chi connectivity index (χ1) is 12.7. The Kier molecular flexibility index (Phi) is 6.12. The summed E-state index contributed by atoms with van der Waals surface area (Å²) in [6.45, 7) is 3.65. The van der Waals surface area contributed by atoms with E-state index in [1.165, 1.54) is 32.4 Å². The molecule has 27 heavy (non-hydrogen) atoms. The van der Waals surface area contributed by atoms with E-state index < -0.39 is 16.0 Å². The summed E-state index contributed by atoms with van der Waals surface area (Å²) in [6.07, 6.45) is 2.19. The molecule has 0 aromatic heterocycles. The maximum absolute atomic E-state index is 13.0. The van der Waals surface area contributed by atoms with Crippen LogP contribution in [0.25, 0.3) is 6.08 Å². The van der Waals surface area contributed by atoms with Gasteiger partial charge in [0, 0.05) is 6.08 Å². The predicted molar refractivity (Wildman–Crippen MR) is 103 cm³/mol. The largest absolute Gasteiger partial charge is 0.493 e. The summed E-state index contributed by atoms with van der Waals surface area (Å²) in [5.41, 5.74) is 2.46. The lowest BCUT2D eigenvalue weighted by Crippen LogP contribution is -2.15. The minimum absolute atomic E-state index is 0.0304. The van der Waals surface area contributed by atoms with Gasteiger partial charge >= 0.3 is 5.97 Å². The number of carboxylic acids is 1. The maximum Gasteiger partial charge on any atom is 0.328 e. The van der Waals surface area contributed by atoms with Gasteiger partial charge in [0.25, 0.3) is 10.0 Å². The first kappa shape index (κ1) is 20.3. The van der Waals surface area contributed by atoms with Crippen molar-refractivity contribution < 1.29 is 27.8 Å². The van der Waals surface area contributed by atoms with Gasteiger partial charge in [-0.2, -0.15) is 0 Å². The quantitative estimate of drug-likeness (QED) is 0.703. The third-order valence-electron chi connectivity index (χ3n) is 3.81. The molecule has 0 aliphatic rings. The van der Waals surface area contributed by atoms with Crippen LogP contribution in [0.1, 0.15) is 16.7 Å². The van der Waals surface area contributed by atoms with Crippen LogP contribution in [0.5, 0.6) is 11.5 Å². The second kappa shape index (κ2) is 8.13. The molecule has 0 fully saturated rings. The predicted octanol–water partition coefficient (Wildman–Crippen LogP) is 3.22. The summed E-state index contributed by atoms with van der Waals surface area (Å²) in [7, 11) is -1.32. The molecule has 2 rings (SSSR count). The molecular weight excluding hydrogens is 370 g/mol. The minimum atomic E-state index is -4.03. The number of ether oxygens (including phenoxy) is 2. The third-order valence-corrected chi connectivity index (χ3v) is 5.18. The highest BCUT2D eigenvalue weighted by Crippen LogP contribution is 2.37. The van der Waals surface area contributed by atoms with Gasteiger partial charge < -0.3 is 14.6 Å². The number of benzene rings is 2. The van der Waals surface area contributed by atoms with Crippen LogP contribution >= 0.6 is 0 Å². The van der Waals surface area contributed by atoms with E-state index in [9.17, 15) is 13.2 Å². The van der Waals surface area contributed by atoms with Crippen molar-refractivity contribution in [3.8, 4) is 11.5 Å². The van der Waals surface area contributed by atoms with Crippen molar-refractivity contribution in [2.75, 3.05) is 18.9 Å². The molecule has 0 aliphatic heterocycles. The fourth-order valence-corrected chi connectivity index (χ4v) is 3.80. The number of hydrogen-bond donors (Lipinski definition) is 2. The van der Waals surface area contributed by atoms with Gasteiger partial charge in [-0.05, 0) is 54.8 Å². The summed E-state index contributed by atoms with van der Waals surface area (Å²) in [5.74, 6) is -0.947. The standard InChI is InChI=1S/C19H21NO6S/c1-12-5-6-13(2)15(9-12)20-27(23,24)17-11-14(7-8-18(21)22)10-16(25-3)19(17)26-4/h5-11,20H,1-4H3,(H,21,22)/b8-7+. The molecule has 0 aliphatic carbocycles. The second-order valence-electron chi connectivity index (χ2n) is 5.85. The lowest BCUT2D eigenvalue weighted by atomic mass is 10.1. The number of carbonyl (C=O) groups is 1. The van der Waals surface area contributed by atoms with Gasteiger partial charge in [-0.1, -0.05) is 12.1 Å². The average molecular weight is 391 g/mol. The molecule has 0 saturated carbocycles. The van der Waals surface area contributed by atoms with Crippen molar-refractivity contribution in [2.45, 2.75) is 18.7 Å². The molecule has 0 amide bonds. The average Bonchev–Trinajstić information content (AvgIpc) is 2.61. The molecule has 2 aromatic rings. The van der Waals surface area contributed by atoms with Crippen molar-refractivity contribution in [2.24, 2.45) is 0 Å². The Labute approximate surface area is 158 Å². The molecule has 0 radical (unpaired) electrons. The summed E-state index contributed by atoms with van der Waals surface area (Å²) in [4.78, 5) is 10.6. The van der Waals surface area contributed by atoms with Crippen LogP contribution in [0, 0.1) is 13.8 Å².